The van der Waals surface area contributed by atoms with Crippen molar-refractivity contribution in [3.05, 3.63) is 70.9 Å². The minimum atomic E-state index is -3.27. The third-order valence-electron chi connectivity index (χ3n) is 3.64. The number of aldehydes is 1. The lowest BCUT2D eigenvalue weighted by Gasteiger charge is -2.10. The standard InChI is InChI=1S/C19H19NO3S2/c1-14(24-2)11-18(19(13-21)16-5-4-10-20-12-16)15-6-8-17(9-7-15)25(3,22)23/h4-13H,1-3H3/b14-11-,19-18-. The minimum absolute atomic E-state index is 0.246. The van der Waals surface area contributed by atoms with Crippen LogP contribution in [0.25, 0.3) is 11.1 Å². The number of carbonyl (C=O) groups is 1. The summed E-state index contributed by atoms with van der Waals surface area (Å²) in [6.07, 6.45) is 9.15. The zero-order valence-corrected chi connectivity index (χ0v) is 15.9. The maximum Gasteiger partial charge on any atom is 0.175 e. The number of hydrogen-bond acceptors (Lipinski definition) is 5. The average molecular weight is 373 g/mol. The van der Waals surface area contributed by atoms with Gasteiger partial charge in [-0.05, 0) is 53.5 Å². The molecule has 0 atom stereocenters. The first-order valence-electron chi connectivity index (χ1n) is 7.49. The van der Waals surface area contributed by atoms with Crippen molar-refractivity contribution >= 4 is 39.0 Å². The maximum absolute atomic E-state index is 11.8. The number of rotatable bonds is 6. The number of aromatic nitrogens is 1. The highest BCUT2D eigenvalue weighted by atomic mass is 32.2. The molecule has 1 heterocycles. The highest BCUT2D eigenvalue weighted by Gasteiger charge is 2.12. The van der Waals surface area contributed by atoms with E-state index in [2.05, 4.69) is 4.98 Å². The van der Waals surface area contributed by atoms with Gasteiger partial charge in [0.25, 0.3) is 0 Å². The van der Waals surface area contributed by atoms with Gasteiger partial charge in [-0.15, -0.1) is 11.8 Å². The van der Waals surface area contributed by atoms with Crippen molar-refractivity contribution in [1.29, 1.82) is 0 Å². The first-order valence-corrected chi connectivity index (χ1v) is 10.6. The molecule has 130 valence electrons. The number of pyridine rings is 1. The Morgan fingerprint density at radius 2 is 1.76 bits per heavy atom. The Morgan fingerprint density at radius 1 is 1.08 bits per heavy atom. The van der Waals surface area contributed by atoms with Gasteiger partial charge < -0.3 is 0 Å². The molecule has 0 spiro atoms. The monoisotopic (exact) mass is 373 g/mol. The second kappa shape index (κ2) is 8.27. The molecule has 0 aliphatic rings. The highest BCUT2D eigenvalue weighted by molar-refractivity contribution is 8.02. The molecule has 2 aromatic rings. The third kappa shape index (κ3) is 4.90. The Balaban J connectivity index is 2.68. The topological polar surface area (TPSA) is 64.1 Å². The largest absolute Gasteiger partial charge is 0.298 e. The first kappa shape index (κ1) is 19.1. The fourth-order valence-electron chi connectivity index (χ4n) is 2.27. The third-order valence-corrected chi connectivity index (χ3v) is 5.53. The zero-order valence-electron chi connectivity index (χ0n) is 14.3. The van der Waals surface area contributed by atoms with Gasteiger partial charge >= 0.3 is 0 Å². The van der Waals surface area contributed by atoms with Gasteiger partial charge in [0.05, 0.1) is 4.90 Å². The van der Waals surface area contributed by atoms with Crippen molar-refractivity contribution in [2.75, 3.05) is 12.5 Å². The van der Waals surface area contributed by atoms with Crippen LogP contribution >= 0.6 is 11.8 Å². The number of sulfone groups is 1. The Morgan fingerprint density at radius 3 is 2.24 bits per heavy atom. The Labute approximate surface area is 152 Å². The Bertz CT molecular complexity index is 913. The fourth-order valence-corrected chi connectivity index (χ4v) is 3.14. The zero-order chi connectivity index (χ0) is 18.4. The van der Waals surface area contributed by atoms with Gasteiger partial charge in [-0.3, -0.25) is 9.78 Å². The van der Waals surface area contributed by atoms with E-state index in [0.717, 1.165) is 22.3 Å². The molecule has 0 aliphatic carbocycles. The summed E-state index contributed by atoms with van der Waals surface area (Å²) in [6, 6.07) is 10.1. The molecule has 0 saturated heterocycles. The lowest BCUT2D eigenvalue weighted by molar-refractivity contribution is -0.103. The summed E-state index contributed by atoms with van der Waals surface area (Å²) in [5, 5.41) is 0. The van der Waals surface area contributed by atoms with Gasteiger partial charge in [-0.1, -0.05) is 18.2 Å². The van der Waals surface area contributed by atoms with Crippen LogP contribution in [-0.4, -0.2) is 32.2 Å². The molecular weight excluding hydrogens is 354 g/mol. The molecule has 0 unspecified atom stereocenters. The van der Waals surface area contributed by atoms with Crippen LogP contribution in [0.5, 0.6) is 0 Å². The molecule has 0 bridgehead atoms. The van der Waals surface area contributed by atoms with Gasteiger partial charge in [0.1, 0.15) is 0 Å². The summed E-state index contributed by atoms with van der Waals surface area (Å²) < 4.78 is 23.3. The molecule has 0 saturated carbocycles. The lowest BCUT2D eigenvalue weighted by Crippen LogP contribution is -1.98. The minimum Gasteiger partial charge on any atom is -0.298 e. The highest BCUT2D eigenvalue weighted by Crippen LogP contribution is 2.29. The molecule has 1 aromatic heterocycles. The normalized spacial score (nSPS) is 13.3. The van der Waals surface area contributed by atoms with Crippen molar-refractivity contribution in [3.63, 3.8) is 0 Å². The molecule has 25 heavy (non-hydrogen) atoms. The predicted octanol–water partition coefficient (Wildman–Crippen LogP) is 3.86. The van der Waals surface area contributed by atoms with Crippen LogP contribution in [0, 0.1) is 0 Å². The summed E-state index contributed by atoms with van der Waals surface area (Å²) >= 11 is 1.58. The van der Waals surface area contributed by atoms with Crippen LogP contribution in [0.2, 0.25) is 0 Å². The van der Waals surface area contributed by atoms with Gasteiger partial charge in [0.2, 0.25) is 0 Å². The SMILES string of the molecule is CS/C(C)=C\C(=C(/C=O)c1cccnc1)c1ccc(S(C)(=O)=O)cc1. The van der Waals surface area contributed by atoms with E-state index < -0.39 is 9.84 Å². The quantitative estimate of drug-likeness (QED) is 0.437. The summed E-state index contributed by atoms with van der Waals surface area (Å²) in [7, 11) is -3.27. The van der Waals surface area contributed by atoms with E-state index in [-0.39, 0.29) is 4.90 Å². The molecule has 0 N–H and O–H groups in total. The number of carbonyl (C=O) groups excluding carboxylic acids is 1. The van der Waals surface area contributed by atoms with Crippen molar-refractivity contribution in [2.24, 2.45) is 0 Å². The van der Waals surface area contributed by atoms with E-state index >= 15 is 0 Å². The number of hydrogen-bond donors (Lipinski definition) is 0. The summed E-state index contributed by atoms with van der Waals surface area (Å²) in [6.45, 7) is 1.96. The Hall–Kier alpha value is -2.18. The molecule has 4 nitrogen and oxygen atoms in total. The van der Waals surface area contributed by atoms with Gasteiger partial charge in [-0.25, -0.2) is 8.42 Å². The molecule has 6 heteroatoms. The van der Waals surface area contributed by atoms with E-state index in [0.29, 0.717) is 11.1 Å². The fraction of sp³-hybridized carbons (Fsp3) is 0.158. The van der Waals surface area contributed by atoms with Crippen LogP contribution in [0.1, 0.15) is 18.1 Å². The van der Waals surface area contributed by atoms with E-state index in [4.69, 9.17) is 0 Å². The van der Waals surface area contributed by atoms with Crippen LogP contribution < -0.4 is 0 Å². The molecule has 1 aromatic carbocycles. The Kier molecular flexibility index (Phi) is 6.33. The average Bonchev–Trinajstić information content (AvgIpc) is 2.61. The number of allylic oxidation sites excluding steroid dienone is 4. The number of benzene rings is 1. The van der Waals surface area contributed by atoms with E-state index in [1.807, 2.05) is 25.3 Å². The first-order chi connectivity index (χ1) is 11.9. The van der Waals surface area contributed by atoms with E-state index in [9.17, 15) is 13.2 Å². The molecule has 0 radical (unpaired) electrons. The van der Waals surface area contributed by atoms with Crippen molar-refractivity contribution < 1.29 is 13.2 Å². The summed E-state index contributed by atoms with van der Waals surface area (Å²) in [5.41, 5.74) is 2.72. The molecule has 0 aliphatic heterocycles. The molecular formula is C19H19NO3S2. The predicted molar refractivity (Wildman–Crippen MR) is 104 cm³/mol. The van der Waals surface area contributed by atoms with E-state index in [1.54, 1.807) is 54.5 Å². The van der Waals surface area contributed by atoms with Crippen molar-refractivity contribution in [2.45, 2.75) is 11.8 Å². The van der Waals surface area contributed by atoms with Gasteiger partial charge in [0, 0.05) is 29.8 Å². The molecule has 0 fully saturated rings. The van der Waals surface area contributed by atoms with Crippen LogP contribution in [-0.2, 0) is 14.6 Å². The lowest BCUT2D eigenvalue weighted by atomic mass is 9.96. The summed E-state index contributed by atoms with van der Waals surface area (Å²) in [4.78, 5) is 17.2. The van der Waals surface area contributed by atoms with Gasteiger partial charge in [0.15, 0.2) is 16.1 Å². The molecule has 2 rings (SSSR count). The van der Waals surface area contributed by atoms with Crippen LogP contribution in [0.3, 0.4) is 0 Å². The van der Waals surface area contributed by atoms with Crippen LogP contribution in [0.4, 0.5) is 0 Å². The smallest absolute Gasteiger partial charge is 0.175 e. The van der Waals surface area contributed by atoms with Crippen molar-refractivity contribution in [3.8, 4) is 0 Å². The number of thioether (sulfide) groups is 1. The summed E-state index contributed by atoms with van der Waals surface area (Å²) in [5.74, 6) is 0. The number of nitrogens with zero attached hydrogens (tertiary/aromatic N) is 1. The van der Waals surface area contributed by atoms with E-state index in [1.165, 1.54) is 6.26 Å². The van der Waals surface area contributed by atoms with Crippen LogP contribution in [0.15, 0.2) is 64.7 Å². The second-order valence-corrected chi connectivity index (χ2v) is 8.51. The van der Waals surface area contributed by atoms with Crippen molar-refractivity contribution in [1.82, 2.24) is 4.98 Å². The van der Waals surface area contributed by atoms with Gasteiger partial charge in [-0.2, -0.15) is 0 Å². The second-order valence-electron chi connectivity index (χ2n) is 5.44. The maximum atomic E-state index is 11.8. The molecule has 0 amide bonds.